The molecule has 1 unspecified atom stereocenters. The summed E-state index contributed by atoms with van der Waals surface area (Å²) >= 11 is 0. The van der Waals surface area contributed by atoms with Gasteiger partial charge in [0.15, 0.2) is 0 Å². The summed E-state index contributed by atoms with van der Waals surface area (Å²) in [6, 6.07) is 19.9. The van der Waals surface area contributed by atoms with Crippen LogP contribution in [0.15, 0.2) is 60.7 Å². The van der Waals surface area contributed by atoms with E-state index < -0.39 is 0 Å². The minimum Gasteiger partial charge on any atom is -0.0727 e. The molecule has 2 aromatic carbocycles. The zero-order chi connectivity index (χ0) is 12.7. The Morgan fingerprint density at radius 2 is 1.58 bits per heavy atom. The molecular formula is C19H18. The van der Waals surface area contributed by atoms with Crippen LogP contribution in [0.2, 0.25) is 0 Å². The van der Waals surface area contributed by atoms with Crippen LogP contribution in [0, 0.1) is 5.92 Å². The minimum absolute atomic E-state index is 0.246. The van der Waals surface area contributed by atoms with Gasteiger partial charge in [0, 0.05) is 5.41 Å². The highest BCUT2D eigenvalue weighted by molar-refractivity contribution is 5.61. The molecule has 1 fully saturated rings. The van der Waals surface area contributed by atoms with Crippen molar-refractivity contribution >= 4 is 6.08 Å². The lowest BCUT2D eigenvalue weighted by atomic mass is 9.68. The first-order chi connectivity index (χ1) is 9.38. The van der Waals surface area contributed by atoms with Gasteiger partial charge in [-0.1, -0.05) is 66.7 Å². The third kappa shape index (κ3) is 1.74. The predicted octanol–water partition coefficient (Wildman–Crippen LogP) is 4.60. The summed E-state index contributed by atoms with van der Waals surface area (Å²) in [5, 5.41) is 0. The van der Waals surface area contributed by atoms with Crippen molar-refractivity contribution < 1.29 is 0 Å². The molecule has 0 nitrogen and oxygen atoms in total. The van der Waals surface area contributed by atoms with Crippen LogP contribution in [0.25, 0.3) is 6.08 Å². The first-order valence-corrected chi connectivity index (χ1v) is 7.21. The number of hydrogen-bond acceptors (Lipinski definition) is 0. The van der Waals surface area contributed by atoms with Gasteiger partial charge in [-0.2, -0.15) is 0 Å². The number of rotatable bonds is 2. The third-order valence-electron chi connectivity index (χ3n) is 4.72. The van der Waals surface area contributed by atoms with Crippen LogP contribution in [0.5, 0.6) is 0 Å². The van der Waals surface area contributed by atoms with Crippen molar-refractivity contribution in [3.63, 3.8) is 0 Å². The lowest BCUT2D eigenvalue weighted by Gasteiger charge is -2.35. The largest absolute Gasteiger partial charge is 0.0727 e. The lowest BCUT2D eigenvalue weighted by Crippen LogP contribution is -2.31. The van der Waals surface area contributed by atoms with Gasteiger partial charge < -0.3 is 0 Å². The molecule has 0 aromatic heterocycles. The normalized spacial score (nSPS) is 25.1. The Morgan fingerprint density at radius 3 is 2.37 bits per heavy atom. The van der Waals surface area contributed by atoms with Gasteiger partial charge in [-0.15, -0.1) is 0 Å². The molecule has 0 saturated heterocycles. The second kappa shape index (κ2) is 4.09. The highest BCUT2D eigenvalue weighted by Crippen LogP contribution is 2.52. The lowest BCUT2D eigenvalue weighted by molar-refractivity contribution is 0.460. The van der Waals surface area contributed by atoms with Gasteiger partial charge in [-0.05, 0) is 41.9 Å². The molecule has 1 atom stereocenters. The summed E-state index contributed by atoms with van der Waals surface area (Å²) in [6.07, 6.45) is 8.73. The Balaban J connectivity index is 1.84. The molecule has 2 aromatic rings. The van der Waals surface area contributed by atoms with Gasteiger partial charge in [0.05, 0.1) is 0 Å². The topological polar surface area (TPSA) is 0 Å². The SMILES string of the molecule is C1=CC(c2ccccc2)(C2CC2)Cc2ccccc21. The van der Waals surface area contributed by atoms with Crippen LogP contribution in [-0.2, 0) is 11.8 Å². The van der Waals surface area contributed by atoms with Gasteiger partial charge in [-0.3, -0.25) is 0 Å². The average Bonchev–Trinajstić information content (AvgIpc) is 3.33. The van der Waals surface area contributed by atoms with Crippen molar-refractivity contribution in [3.8, 4) is 0 Å². The van der Waals surface area contributed by atoms with Crippen molar-refractivity contribution in [1.29, 1.82) is 0 Å². The van der Waals surface area contributed by atoms with Crippen molar-refractivity contribution in [1.82, 2.24) is 0 Å². The van der Waals surface area contributed by atoms with Crippen LogP contribution in [0.1, 0.15) is 29.5 Å². The van der Waals surface area contributed by atoms with Crippen LogP contribution in [0.3, 0.4) is 0 Å². The van der Waals surface area contributed by atoms with Crippen molar-refractivity contribution in [2.45, 2.75) is 24.7 Å². The van der Waals surface area contributed by atoms with Crippen LogP contribution in [-0.4, -0.2) is 0 Å². The van der Waals surface area contributed by atoms with Crippen molar-refractivity contribution in [3.05, 3.63) is 77.4 Å². The molecule has 0 bridgehead atoms. The van der Waals surface area contributed by atoms with Gasteiger partial charge >= 0.3 is 0 Å². The predicted molar refractivity (Wildman–Crippen MR) is 80.0 cm³/mol. The van der Waals surface area contributed by atoms with E-state index in [1.54, 1.807) is 0 Å². The molecule has 0 aliphatic heterocycles. The second-order valence-corrected chi connectivity index (χ2v) is 5.89. The van der Waals surface area contributed by atoms with Crippen molar-refractivity contribution in [2.75, 3.05) is 0 Å². The molecule has 1 saturated carbocycles. The second-order valence-electron chi connectivity index (χ2n) is 5.89. The molecule has 94 valence electrons. The smallest absolute Gasteiger partial charge is 0.0204 e. The molecule has 0 amide bonds. The number of allylic oxidation sites excluding steroid dienone is 1. The number of fused-ring (bicyclic) bond motifs is 1. The third-order valence-corrected chi connectivity index (χ3v) is 4.72. The quantitative estimate of drug-likeness (QED) is 0.726. The fourth-order valence-corrected chi connectivity index (χ4v) is 3.53. The molecule has 0 heterocycles. The molecule has 19 heavy (non-hydrogen) atoms. The molecule has 0 N–H and O–H groups in total. The van der Waals surface area contributed by atoms with E-state index in [4.69, 9.17) is 0 Å². The Hall–Kier alpha value is -1.82. The molecule has 0 spiro atoms. The zero-order valence-corrected chi connectivity index (χ0v) is 11.0. The maximum Gasteiger partial charge on any atom is 0.0204 e. The molecule has 0 heteroatoms. The molecule has 2 aliphatic carbocycles. The van der Waals surface area contributed by atoms with Gasteiger partial charge in [0.25, 0.3) is 0 Å². The standard InChI is InChI=1S/C19H18/c1-2-8-17(9-3-1)19(18-10-11-18)13-12-15-6-4-5-7-16(15)14-19/h1-9,12-13,18H,10-11,14H2. The highest BCUT2D eigenvalue weighted by atomic mass is 14.5. The zero-order valence-electron chi connectivity index (χ0n) is 11.0. The van der Waals surface area contributed by atoms with E-state index in [0.29, 0.717) is 0 Å². The highest BCUT2D eigenvalue weighted by Gasteiger charge is 2.45. The summed E-state index contributed by atoms with van der Waals surface area (Å²) in [6.45, 7) is 0. The van der Waals surface area contributed by atoms with Gasteiger partial charge in [0.1, 0.15) is 0 Å². The van der Waals surface area contributed by atoms with E-state index in [2.05, 4.69) is 66.7 Å². The van der Waals surface area contributed by atoms with E-state index in [0.717, 1.165) is 12.3 Å². The van der Waals surface area contributed by atoms with E-state index in [1.807, 2.05) is 0 Å². The fourth-order valence-electron chi connectivity index (χ4n) is 3.53. The molecule has 0 radical (unpaired) electrons. The fraction of sp³-hybridized carbons (Fsp3) is 0.263. The maximum absolute atomic E-state index is 2.47. The first kappa shape index (κ1) is 11.0. The molecule has 4 rings (SSSR count). The van der Waals surface area contributed by atoms with E-state index >= 15 is 0 Å². The van der Waals surface area contributed by atoms with E-state index in [1.165, 1.54) is 29.5 Å². The summed E-state index contributed by atoms with van der Waals surface area (Å²) in [5.74, 6) is 0.833. The van der Waals surface area contributed by atoms with E-state index in [-0.39, 0.29) is 5.41 Å². The molecule has 2 aliphatic rings. The Morgan fingerprint density at radius 1 is 0.842 bits per heavy atom. The summed E-state index contributed by atoms with van der Waals surface area (Å²) < 4.78 is 0. The molecular weight excluding hydrogens is 228 g/mol. The van der Waals surface area contributed by atoms with Crippen LogP contribution in [0.4, 0.5) is 0 Å². The van der Waals surface area contributed by atoms with Gasteiger partial charge in [-0.25, -0.2) is 0 Å². The van der Waals surface area contributed by atoms with Crippen LogP contribution >= 0.6 is 0 Å². The Labute approximate surface area is 114 Å². The first-order valence-electron chi connectivity index (χ1n) is 7.21. The Kier molecular flexibility index (Phi) is 2.38. The minimum atomic E-state index is 0.246. The average molecular weight is 246 g/mol. The monoisotopic (exact) mass is 246 g/mol. The summed E-state index contributed by atoms with van der Waals surface area (Å²) in [5.41, 5.74) is 4.63. The van der Waals surface area contributed by atoms with E-state index in [9.17, 15) is 0 Å². The Bertz CT molecular complexity index is 619. The number of benzene rings is 2. The van der Waals surface area contributed by atoms with Crippen LogP contribution < -0.4 is 0 Å². The summed E-state index contributed by atoms with van der Waals surface area (Å²) in [4.78, 5) is 0. The van der Waals surface area contributed by atoms with Crippen molar-refractivity contribution in [2.24, 2.45) is 5.92 Å². The van der Waals surface area contributed by atoms with Gasteiger partial charge in [0.2, 0.25) is 0 Å². The maximum atomic E-state index is 2.47. The number of hydrogen-bond donors (Lipinski definition) is 0. The summed E-state index contributed by atoms with van der Waals surface area (Å²) in [7, 11) is 0.